The number of ether oxygens (including phenoxy) is 1. The first-order valence-corrected chi connectivity index (χ1v) is 8.83. The van der Waals surface area contributed by atoms with Crippen LogP contribution in [0.2, 0.25) is 0 Å². The van der Waals surface area contributed by atoms with Crippen LogP contribution in [0, 0.1) is 6.92 Å². The van der Waals surface area contributed by atoms with Crippen molar-refractivity contribution in [2.45, 2.75) is 25.7 Å². The Morgan fingerprint density at radius 3 is 2.48 bits per heavy atom. The molecule has 0 N–H and O–H groups in total. The lowest BCUT2D eigenvalue weighted by atomic mass is 10.0. The Bertz CT molecular complexity index is 819. The van der Waals surface area contributed by atoms with E-state index in [1.165, 1.54) is 23.1 Å². The van der Waals surface area contributed by atoms with Crippen molar-refractivity contribution in [3.05, 3.63) is 50.3 Å². The van der Waals surface area contributed by atoms with Gasteiger partial charge in [0.15, 0.2) is 0 Å². The second-order valence-corrected chi connectivity index (χ2v) is 7.32. The summed E-state index contributed by atoms with van der Waals surface area (Å²) in [6.45, 7) is 6.03. The minimum Gasteiger partial charge on any atom is -0.494 e. The van der Waals surface area contributed by atoms with Crippen LogP contribution in [-0.2, 0) is 0 Å². The van der Waals surface area contributed by atoms with Crippen molar-refractivity contribution in [1.29, 1.82) is 0 Å². The maximum atomic E-state index is 12.7. The summed E-state index contributed by atoms with van der Waals surface area (Å²) in [6, 6.07) is 7.50. The van der Waals surface area contributed by atoms with Gasteiger partial charge in [-0.15, -0.1) is 11.3 Å². The van der Waals surface area contributed by atoms with Crippen LogP contribution in [0.5, 0.6) is 5.75 Å². The zero-order valence-corrected chi connectivity index (χ0v) is 14.6. The van der Waals surface area contributed by atoms with Crippen molar-refractivity contribution in [3.63, 3.8) is 0 Å². The van der Waals surface area contributed by atoms with Crippen molar-refractivity contribution >= 4 is 34.7 Å². The fraction of sp³-hybridized carbons (Fsp3) is 0.235. The van der Waals surface area contributed by atoms with Gasteiger partial charge < -0.3 is 4.74 Å². The molecule has 0 unspecified atom stereocenters. The van der Waals surface area contributed by atoms with Gasteiger partial charge in [-0.1, -0.05) is 11.8 Å². The molecule has 6 heteroatoms. The smallest absolute Gasteiger partial charge is 0.212 e. The largest absolute Gasteiger partial charge is 0.494 e. The molecular weight excluding hydrogens is 330 g/mol. The van der Waals surface area contributed by atoms with Gasteiger partial charge in [-0.2, -0.15) is 0 Å². The Kier molecular flexibility index (Phi) is 4.37. The molecule has 4 nitrogen and oxygen atoms in total. The van der Waals surface area contributed by atoms with Crippen molar-refractivity contribution < 1.29 is 14.3 Å². The van der Waals surface area contributed by atoms with Crippen LogP contribution in [0.3, 0.4) is 0 Å². The molecule has 0 radical (unpaired) electrons. The molecule has 0 aliphatic heterocycles. The Morgan fingerprint density at radius 1 is 1.13 bits per heavy atom. The first-order chi connectivity index (χ1) is 11.0. The molecule has 0 saturated heterocycles. The minimum atomic E-state index is -0.155. The van der Waals surface area contributed by atoms with E-state index in [-0.39, 0.29) is 11.6 Å². The predicted molar refractivity (Wildman–Crippen MR) is 91.7 cm³/mol. The summed E-state index contributed by atoms with van der Waals surface area (Å²) in [6.07, 6.45) is 0. The number of aromatic nitrogens is 1. The average molecular weight is 345 g/mol. The van der Waals surface area contributed by atoms with Crippen LogP contribution < -0.4 is 4.74 Å². The zero-order valence-electron chi connectivity index (χ0n) is 13.0. The number of ketones is 2. The van der Waals surface area contributed by atoms with Gasteiger partial charge in [0.1, 0.15) is 16.3 Å². The lowest BCUT2D eigenvalue weighted by molar-refractivity contribution is 0.0981. The molecule has 1 heterocycles. The van der Waals surface area contributed by atoms with Crippen LogP contribution in [0.4, 0.5) is 0 Å². The Labute approximate surface area is 142 Å². The summed E-state index contributed by atoms with van der Waals surface area (Å²) in [4.78, 5) is 31.1. The van der Waals surface area contributed by atoms with Crippen LogP contribution in [0.25, 0.3) is 0 Å². The normalized spacial score (nSPS) is 14.2. The van der Waals surface area contributed by atoms with Crippen molar-refractivity contribution in [2.24, 2.45) is 0 Å². The fourth-order valence-electron chi connectivity index (χ4n) is 2.30. The molecule has 2 aromatic rings. The highest BCUT2D eigenvalue weighted by Gasteiger charge is 2.33. The second kappa shape index (κ2) is 6.29. The highest BCUT2D eigenvalue weighted by molar-refractivity contribution is 8.04. The Morgan fingerprint density at radius 2 is 1.83 bits per heavy atom. The van der Waals surface area contributed by atoms with E-state index in [1.54, 1.807) is 13.8 Å². The van der Waals surface area contributed by atoms with Gasteiger partial charge in [-0.25, -0.2) is 4.98 Å². The van der Waals surface area contributed by atoms with Gasteiger partial charge in [0.2, 0.25) is 11.6 Å². The third kappa shape index (κ3) is 2.96. The van der Waals surface area contributed by atoms with E-state index in [1.807, 2.05) is 31.2 Å². The first kappa shape index (κ1) is 16.0. The highest BCUT2D eigenvalue weighted by Crippen LogP contribution is 2.38. The van der Waals surface area contributed by atoms with Crippen LogP contribution in [0.15, 0.2) is 39.6 Å². The maximum Gasteiger partial charge on any atom is 0.212 e. The molecule has 3 rings (SSSR count). The predicted octanol–water partition coefficient (Wildman–Crippen LogP) is 4.30. The monoisotopic (exact) mass is 345 g/mol. The molecular formula is C17H15NO3S2. The number of allylic oxidation sites excluding steroid dienone is 2. The third-order valence-electron chi connectivity index (χ3n) is 3.40. The van der Waals surface area contributed by atoms with Crippen molar-refractivity contribution in [1.82, 2.24) is 4.98 Å². The van der Waals surface area contributed by atoms with E-state index < -0.39 is 0 Å². The molecule has 1 aromatic heterocycles. The molecule has 1 aliphatic carbocycles. The number of thiazole rings is 1. The molecule has 118 valence electrons. The quantitative estimate of drug-likeness (QED) is 0.827. The SMILES string of the molecule is CCOc1ccc(SC2=C(C)C(=O)c3nc(C)sc3C2=O)cc1. The molecule has 0 spiro atoms. The number of carbonyl (C=O) groups excluding carboxylic acids is 2. The molecule has 0 amide bonds. The number of fused-ring (bicyclic) bond motifs is 1. The molecule has 0 bridgehead atoms. The zero-order chi connectivity index (χ0) is 16.6. The van der Waals surface area contributed by atoms with Crippen LogP contribution in [0.1, 0.15) is 39.0 Å². The number of carbonyl (C=O) groups is 2. The van der Waals surface area contributed by atoms with E-state index in [0.29, 0.717) is 27.7 Å². The molecule has 1 aliphatic rings. The van der Waals surface area contributed by atoms with Gasteiger partial charge >= 0.3 is 0 Å². The number of nitrogens with zero attached hydrogens (tertiary/aromatic N) is 1. The molecule has 0 atom stereocenters. The van der Waals surface area contributed by atoms with Gasteiger partial charge in [0.25, 0.3) is 0 Å². The minimum absolute atomic E-state index is 0.110. The molecule has 0 fully saturated rings. The van der Waals surface area contributed by atoms with Crippen LogP contribution in [-0.4, -0.2) is 23.2 Å². The molecule has 23 heavy (non-hydrogen) atoms. The van der Waals surface area contributed by atoms with Gasteiger partial charge in [0.05, 0.1) is 16.5 Å². The summed E-state index contributed by atoms with van der Waals surface area (Å²) in [7, 11) is 0. The van der Waals surface area contributed by atoms with Crippen molar-refractivity contribution in [3.8, 4) is 5.75 Å². The Balaban J connectivity index is 1.91. The topological polar surface area (TPSA) is 56.3 Å². The van der Waals surface area contributed by atoms with E-state index in [2.05, 4.69) is 4.98 Å². The third-order valence-corrected chi connectivity index (χ3v) is 5.57. The molecule has 0 saturated carbocycles. The van der Waals surface area contributed by atoms with Gasteiger partial charge in [-0.05, 0) is 45.0 Å². The lowest BCUT2D eigenvalue weighted by Crippen LogP contribution is -2.18. The number of thioether (sulfide) groups is 1. The van der Waals surface area contributed by atoms with E-state index >= 15 is 0 Å². The van der Waals surface area contributed by atoms with Crippen molar-refractivity contribution in [2.75, 3.05) is 6.61 Å². The number of Topliss-reactive ketones (excluding diaryl/α,β-unsaturated/α-hetero) is 2. The summed E-state index contributed by atoms with van der Waals surface area (Å²) in [5.74, 6) is 0.521. The van der Waals surface area contributed by atoms with E-state index in [0.717, 1.165) is 15.7 Å². The van der Waals surface area contributed by atoms with Crippen LogP contribution >= 0.6 is 23.1 Å². The number of rotatable bonds is 4. The summed E-state index contributed by atoms with van der Waals surface area (Å²) >= 11 is 2.60. The summed E-state index contributed by atoms with van der Waals surface area (Å²) < 4.78 is 5.41. The molecule has 1 aromatic carbocycles. The number of benzene rings is 1. The maximum absolute atomic E-state index is 12.7. The number of hydrogen-bond acceptors (Lipinski definition) is 6. The van der Waals surface area contributed by atoms with Gasteiger partial charge in [-0.3, -0.25) is 9.59 Å². The standard InChI is InChI=1S/C17H15NO3S2/c1-4-21-11-5-7-12(8-6-11)23-16-9(2)14(19)13-17(15(16)20)22-10(3)18-13/h5-8H,4H2,1-3H3. The van der Waals surface area contributed by atoms with E-state index in [4.69, 9.17) is 4.74 Å². The summed E-state index contributed by atoms with van der Waals surface area (Å²) in [5, 5.41) is 0.733. The average Bonchev–Trinajstić information content (AvgIpc) is 2.93. The number of hydrogen-bond donors (Lipinski definition) is 0. The Hall–Kier alpha value is -1.92. The highest BCUT2D eigenvalue weighted by atomic mass is 32.2. The second-order valence-electron chi connectivity index (χ2n) is 5.03. The van der Waals surface area contributed by atoms with Gasteiger partial charge in [0, 0.05) is 10.5 Å². The van der Waals surface area contributed by atoms with E-state index in [9.17, 15) is 9.59 Å². The lowest BCUT2D eigenvalue weighted by Gasteiger charge is -2.14. The first-order valence-electron chi connectivity index (χ1n) is 7.19. The fourth-order valence-corrected chi connectivity index (χ4v) is 4.18. The summed E-state index contributed by atoms with van der Waals surface area (Å²) in [5.41, 5.74) is 0.762. The number of aryl methyl sites for hydroxylation is 1.